The van der Waals surface area contributed by atoms with Gasteiger partial charge in [-0.2, -0.15) is 0 Å². The van der Waals surface area contributed by atoms with E-state index in [-0.39, 0.29) is 0 Å². The highest BCUT2D eigenvalue weighted by atomic mass is 35.5. The van der Waals surface area contributed by atoms with Crippen LogP contribution < -0.4 is 10.9 Å². The van der Waals surface area contributed by atoms with Gasteiger partial charge in [0.25, 0.3) is 0 Å². The Bertz CT molecular complexity index is 311. The van der Waals surface area contributed by atoms with Gasteiger partial charge in [0.1, 0.15) is 0 Å². The number of fused-ring (bicyclic) bond motifs is 1. The molecule has 0 aliphatic carbocycles. The number of anilines is 1. The summed E-state index contributed by atoms with van der Waals surface area (Å²) in [5, 5.41) is 2.59. The fourth-order valence-electron chi connectivity index (χ4n) is 1.62. The molecule has 2 N–H and O–H groups in total. The topological polar surface area (TPSA) is 29.3 Å². The molecule has 1 aliphatic rings. The highest BCUT2D eigenvalue weighted by Gasteiger charge is 2.22. The van der Waals surface area contributed by atoms with Crippen molar-refractivity contribution in [2.45, 2.75) is 19.4 Å². The summed E-state index contributed by atoms with van der Waals surface area (Å²) in [5.41, 5.74) is 2.35. The second-order valence-electron chi connectivity index (χ2n) is 3.23. The number of nitrogens with two attached hydrogens (primary N) is 1. The van der Waals surface area contributed by atoms with Crippen LogP contribution in [0.4, 0.5) is 5.69 Å². The molecular formula is C9H11ClN2. The summed E-state index contributed by atoms with van der Waals surface area (Å²) < 4.78 is 0. The largest absolute Gasteiger partial charge is 0.308 e. The van der Waals surface area contributed by atoms with E-state index in [0.29, 0.717) is 6.04 Å². The van der Waals surface area contributed by atoms with Crippen molar-refractivity contribution in [1.82, 2.24) is 0 Å². The molecule has 1 atom stereocenters. The fourth-order valence-corrected chi connectivity index (χ4v) is 1.82. The molecule has 1 aliphatic heterocycles. The third-order valence-corrected chi connectivity index (χ3v) is 2.55. The standard InChI is InChI=1S/C9H11ClN2/c1-6-4-7-5-8(10)2-3-9(7)12(6)11/h2-3,5-6H,4,11H2,1H3. The minimum atomic E-state index is 0.387. The monoisotopic (exact) mass is 182 g/mol. The van der Waals surface area contributed by atoms with Gasteiger partial charge in [-0.15, -0.1) is 0 Å². The third kappa shape index (κ3) is 1.08. The van der Waals surface area contributed by atoms with E-state index in [0.717, 1.165) is 17.1 Å². The number of halogens is 1. The maximum absolute atomic E-state index is 5.86. The van der Waals surface area contributed by atoms with Crippen molar-refractivity contribution in [1.29, 1.82) is 0 Å². The molecule has 2 nitrogen and oxygen atoms in total. The van der Waals surface area contributed by atoms with Crippen LogP contribution >= 0.6 is 11.6 Å². The lowest BCUT2D eigenvalue weighted by atomic mass is 10.1. The van der Waals surface area contributed by atoms with E-state index >= 15 is 0 Å². The molecule has 0 saturated carbocycles. The summed E-state index contributed by atoms with van der Waals surface area (Å²) in [5.74, 6) is 5.83. The quantitative estimate of drug-likeness (QED) is 0.622. The second kappa shape index (κ2) is 2.64. The van der Waals surface area contributed by atoms with Crippen LogP contribution in [0.15, 0.2) is 18.2 Å². The van der Waals surface area contributed by atoms with Crippen LogP contribution in [0.25, 0.3) is 0 Å². The van der Waals surface area contributed by atoms with Gasteiger partial charge in [0.05, 0.1) is 5.69 Å². The summed E-state index contributed by atoms with van der Waals surface area (Å²) in [6, 6.07) is 6.22. The Morgan fingerprint density at radius 2 is 2.33 bits per heavy atom. The molecule has 0 bridgehead atoms. The van der Waals surface area contributed by atoms with E-state index in [1.165, 1.54) is 5.56 Å². The van der Waals surface area contributed by atoms with E-state index in [4.69, 9.17) is 17.4 Å². The molecule has 1 aromatic rings. The number of hydrogen-bond acceptors (Lipinski definition) is 2. The van der Waals surface area contributed by atoms with Gasteiger partial charge in [-0.3, -0.25) is 0 Å². The molecule has 0 spiro atoms. The molecule has 1 heterocycles. The highest BCUT2D eigenvalue weighted by Crippen LogP contribution is 2.31. The van der Waals surface area contributed by atoms with Crippen LogP contribution in [0.3, 0.4) is 0 Å². The molecule has 0 fully saturated rings. The maximum atomic E-state index is 5.86. The summed E-state index contributed by atoms with van der Waals surface area (Å²) in [6.45, 7) is 2.11. The summed E-state index contributed by atoms with van der Waals surface area (Å²) in [6.07, 6.45) is 0.992. The summed E-state index contributed by atoms with van der Waals surface area (Å²) >= 11 is 5.86. The number of nitrogens with zero attached hydrogens (tertiary/aromatic N) is 1. The van der Waals surface area contributed by atoms with Crippen LogP contribution in [0.5, 0.6) is 0 Å². The minimum absolute atomic E-state index is 0.387. The van der Waals surface area contributed by atoms with Gasteiger partial charge in [0.2, 0.25) is 0 Å². The van der Waals surface area contributed by atoms with Crippen LogP contribution in [-0.4, -0.2) is 6.04 Å². The molecule has 3 heteroatoms. The van der Waals surface area contributed by atoms with Crippen LogP contribution in [0.2, 0.25) is 5.02 Å². The number of benzene rings is 1. The Balaban J connectivity index is 2.47. The van der Waals surface area contributed by atoms with Gasteiger partial charge < -0.3 is 5.01 Å². The molecular weight excluding hydrogens is 172 g/mol. The molecule has 0 aromatic heterocycles. The van der Waals surface area contributed by atoms with Crippen molar-refractivity contribution in [2.24, 2.45) is 5.84 Å². The molecule has 2 rings (SSSR count). The molecule has 1 unspecified atom stereocenters. The summed E-state index contributed by atoms with van der Waals surface area (Å²) in [7, 11) is 0. The molecule has 64 valence electrons. The predicted octanol–water partition coefficient (Wildman–Crippen LogP) is 1.96. The first kappa shape index (κ1) is 7.90. The van der Waals surface area contributed by atoms with Crippen LogP contribution in [0, 0.1) is 0 Å². The van der Waals surface area contributed by atoms with E-state index in [1.54, 1.807) is 5.01 Å². The Labute approximate surface area is 76.9 Å². The van der Waals surface area contributed by atoms with E-state index in [1.807, 2.05) is 18.2 Å². The van der Waals surface area contributed by atoms with Gasteiger partial charge in [-0.05, 0) is 37.1 Å². The average molecular weight is 183 g/mol. The average Bonchev–Trinajstić information content (AvgIpc) is 2.28. The zero-order valence-electron chi connectivity index (χ0n) is 6.92. The van der Waals surface area contributed by atoms with Crippen LogP contribution in [0.1, 0.15) is 12.5 Å². The van der Waals surface area contributed by atoms with E-state index < -0.39 is 0 Å². The molecule has 0 amide bonds. The fraction of sp³-hybridized carbons (Fsp3) is 0.333. The van der Waals surface area contributed by atoms with E-state index in [2.05, 4.69) is 6.92 Å². The van der Waals surface area contributed by atoms with Crippen molar-refractivity contribution in [2.75, 3.05) is 5.01 Å². The highest BCUT2D eigenvalue weighted by molar-refractivity contribution is 6.30. The van der Waals surface area contributed by atoms with Crippen molar-refractivity contribution < 1.29 is 0 Å². The maximum Gasteiger partial charge on any atom is 0.0554 e. The second-order valence-corrected chi connectivity index (χ2v) is 3.67. The first-order chi connectivity index (χ1) is 5.68. The zero-order valence-corrected chi connectivity index (χ0v) is 7.67. The van der Waals surface area contributed by atoms with Gasteiger partial charge in [-0.25, -0.2) is 5.84 Å². The first-order valence-corrected chi connectivity index (χ1v) is 4.38. The summed E-state index contributed by atoms with van der Waals surface area (Å²) in [4.78, 5) is 0. The van der Waals surface area contributed by atoms with Gasteiger partial charge in [0.15, 0.2) is 0 Å². The normalized spacial score (nSPS) is 21.2. The lowest BCUT2D eigenvalue weighted by molar-refractivity contribution is 0.697. The van der Waals surface area contributed by atoms with Gasteiger partial charge in [0, 0.05) is 11.1 Å². The van der Waals surface area contributed by atoms with Gasteiger partial charge >= 0.3 is 0 Å². The predicted molar refractivity (Wildman–Crippen MR) is 51.3 cm³/mol. The minimum Gasteiger partial charge on any atom is -0.308 e. The van der Waals surface area contributed by atoms with Crippen molar-refractivity contribution >= 4 is 17.3 Å². The Morgan fingerprint density at radius 1 is 1.58 bits per heavy atom. The molecule has 0 saturated heterocycles. The number of rotatable bonds is 0. The van der Waals surface area contributed by atoms with E-state index in [9.17, 15) is 0 Å². The van der Waals surface area contributed by atoms with Crippen molar-refractivity contribution in [3.05, 3.63) is 28.8 Å². The smallest absolute Gasteiger partial charge is 0.0554 e. The Kier molecular flexibility index (Phi) is 1.74. The van der Waals surface area contributed by atoms with Crippen LogP contribution in [-0.2, 0) is 6.42 Å². The number of hydrogen-bond donors (Lipinski definition) is 1. The SMILES string of the molecule is CC1Cc2cc(Cl)ccc2N1N. The molecule has 12 heavy (non-hydrogen) atoms. The number of hydrazine groups is 1. The Hall–Kier alpha value is -0.730. The van der Waals surface area contributed by atoms with Crippen molar-refractivity contribution in [3.8, 4) is 0 Å². The Morgan fingerprint density at radius 3 is 3.08 bits per heavy atom. The first-order valence-electron chi connectivity index (χ1n) is 4.01. The molecule has 1 aromatic carbocycles. The lowest BCUT2D eigenvalue weighted by Gasteiger charge is -2.17. The van der Waals surface area contributed by atoms with Crippen molar-refractivity contribution in [3.63, 3.8) is 0 Å². The lowest BCUT2D eigenvalue weighted by Crippen LogP contribution is -2.35. The third-order valence-electron chi connectivity index (χ3n) is 2.31. The zero-order chi connectivity index (χ0) is 8.72. The van der Waals surface area contributed by atoms with Gasteiger partial charge in [-0.1, -0.05) is 11.6 Å². The molecule has 0 radical (unpaired) electrons.